The smallest absolute Gasteiger partial charge is 0.275 e. The van der Waals surface area contributed by atoms with Gasteiger partial charge < -0.3 is 14.2 Å². The zero-order valence-electron chi connectivity index (χ0n) is 15.1. The molecule has 0 bridgehead atoms. The second-order valence-electron chi connectivity index (χ2n) is 5.62. The summed E-state index contributed by atoms with van der Waals surface area (Å²) in [6.07, 6.45) is 1.49. The molecule has 2 rings (SSSR count). The molecular weight excluding hydrogens is 400 g/mol. The molecule has 0 radical (unpaired) electrons. The number of nitrogens with zero attached hydrogens (tertiary/aromatic N) is 1. The molecule has 0 aliphatic rings. The lowest BCUT2D eigenvalue weighted by Crippen LogP contribution is -2.20. The Balaban J connectivity index is 2.13. The van der Waals surface area contributed by atoms with E-state index in [1.54, 1.807) is 38.5 Å². The summed E-state index contributed by atoms with van der Waals surface area (Å²) in [7, 11) is 3.13. The minimum absolute atomic E-state index is 0.0435. The number of hydrogen-bond donors (Lipinski definition) is 1. The number of rotatable bonds is 7. The van der Waals surface area contributed by atoms with E-state index in [0.29, 0.717) is 22.8 Å². The normalized spacial score (nSPS) is 10.8. The fourth-order valence-electron chi connectivity index (χ4n) is 2.20. The number of benzene rings is 2. The number of nitrogens with one attached hydrogen (secondary N) is 1. The van der Waals surface area contributed by atoms with Crippen LogP contribution in [0.2, 0.25) is 0 Å². The van der Waals surface area contributed by atoms with Crippen LogP contribution in [0.3, 0.4) is 0 Å². The summed E-state index contributed by atoms with van der Waals surface area (Å²) in [4.78, 5) is 12.4. The molecule has 0 atom stereocenters. The second kappa shape index (κ2) is 9.24. The third kappa shape index (κ3) is 5.23. The van der Waals surface area contributed by atoms with Crippen LogP contribution in [0.15, 0.2) is 46.0 Å². The van der Waals surface area contributed by atoms with Gasteiger partial charge >= 0.3 is 0 Å². The van der Waals surface area contributed by atoms with Crippen molar-refractivity contribution in [2.45, 2.75) is 20.0 Å². The van der Waals surface area contributed by atoms with Crippen molar-refractivity contribution >= 4 is 28.1 Å². The zero-order valence-corrected chi connectivity index (χ0v) is 16.7. The van der Waals surface area contributed by atoms with Crippen LogP contribution in [0.1, 0.15) is 29.8 Å². The summed E-state index contributed by atoms with van der Waals surface area (Å²) < 4.78 is 16.9. The largest absolute Gasteiger partial charge is 0.493 e. The quantitative estimate of drug-likeness (QED) is 0.542. The predicted molar refractivity (Wildman–Crippen MR) is 105 cm³/mol. The fraction of sp³-hybridized carbons (Fsp3) is 0.263. The van der Waals surface area contributed by atoms with Crippen molar-refractivity contribution in [2.24, 2.45) is 5.10 Å². The van der Waals surface area contributed by atoms with Crippen LogP contribution in [-0.2, 0) is 0 Å². The lowest BCUT2D eigenvalue weighted by atomic mass is 10.2. The first kappa shape index (κ1) is 19.8. The highest BCUT2D eigenvalue weighted by Gasteiger charge is 2.14. The van der Waals surface area contributed by atoms with Crippen molar-refractivity contribution in [1.82, 2.24) is 5.43 Å². The molecule has 0 saturated carbocycles. The van der Waals surface area contributed by atoms with Gasteiger partial charge in [0.25, 0.3) is 5.91 Å². The van der Waals surface area contributed by atoms with E-state index in [9.17, 15) is 4.79 Å². The first-order valence-electron chi connectivity index (χ1n) is 7.96. The minimum Gasteiger partial charge on any atom is -0.493 e. The third-order valence-electron chi connectivity index (χ3n) is 3.34. The molecule has 6 nitrogen and oxygen atoms in total. The molecule has 2 aromatic carbocycles. The van der Waals surface area contributed by atoms with E-state index >= 15 is 0 Å². The molecule has 0 spiro atoms. The highest BCUT2D eigenvalue weighted by Crippen LogP contribution is 2.27. The summed E-state index contributed by atoms with van der Waals surface area (Å²) in [6, 6.07) is 10.6. The van der Waals surface area contributed by atoms with E-state index < -0.39 is 0 Å². The SMILES string of the molecule is COc1ccc(/C=N/NC(=O)c2cc(Br)ccc2OC(C)C)cc1OC. The van der Waals surface area contributed by atoms with Gasteiger partial charge in [-0.05, 0) is 55.8 Å². The highest BCUT2D eigenvalue weighted by molar-refractivity contribution is 9.10. The van der Waals surface area contributed by atoms with Gasteiger partial charge in [-0.1, -0.05) is 15.9 Å². The number of hydrazone groups is 1. The van der Waals surface area contributed by atoms with Gasteiger partial charge in [0.1, 0.15) is 5.75 Å². The maximum Gasteiger partial charge on any atom is 0.275 e. The minimum atomic E-state index is -0.362. The Morgan fingerprint density at radius 3 is 2.42 bits per heavy atom. The third-order valence-corrected chi connectivity index (χ3v) is 3.83. The molecule has 0 aliphatic carbocycles. The molecule has 0 heterocycles. The van der Waals surface area contributed by atoms with Crippen LogP contribution >= 0.6 is 15.9 Å². The number of ether oxygens (including phenoxy) is 3. The maximum atomic E-state index is 12.4. The number of halogens is 1. The second-order valence-corrected chi connectivity index (χ2v) is 6.54. The molecule has 0 aliphatic heterocycles. The Labute approximate surface area is 161 Å². The standard InChI is InChI=1S/C19H21BrN2O4/c1-12(2)26-16-8-6-14(20)10-15(16)19(23)22-21-11-13-5-7-17(24-3)18(9-13)25-4/h5-12H,1-4H3,(H,22,23)/b21-11+. The monoisotopic (exact) mass is 420 g/mol. The number of methoxy groups -OCH3 is 2. The zero-order chi connectivity index (χ0) is 19.1. The summed E-state index contributed by atoms with van der Waals surface area (Å²) >= 11 is 3.37. The summed E-state index contributed by atoms with van der Waals surface area (Å²) in [5, 5.41) is 4.01. The Hall–Kier alpha value is -2.54. The van der Waals surface area contributed by atoms with Crippen molar-refractivity contribution in [1.29, 1.82) is 0 Å². The van der Waals surface area contributed by atoms with Gasteiger partial charge in [-0.3, -0.25) is 4.79 Å². The molecule has 0 fully saturated rings. The summed E-state index contributed by atoms with van der Waals surface area (Å²) in [6.45, 7) is 3.80. The average molecular weight is 421 g/mol. The number of carbonyl (C=O) groups excluding carboxylic acids is 1. The summed E-state index contributed by atoms with van der Waals surface area (Å²) in [5.74, 6) is 1.35. The molecule has 26 heavy (non-hydrogen) atoms. The van der Waals surface area contributed by atoms with Gasteiger partial charge in [-0.15, -0.1) is 0 Å². The van der Waals surface area contributed by atoms with E-state index in [1.165, 1.54) is 6.21 Å². The van der Waals surface area contributed by atoms with Crippen LogP contribution in [0.4, 0.5) is 0 Å². The lowest BCUT2D eigenvalue weighted by Gasteiger charge is -2.13. The predicted octanol–water partition coefficient (Wildman–Crippen LogP) is 4.02. The van der Waals surface area contributed by atoms with E-state index in [0.717, 1.165) is 10.0 Å². The van der Waals surface area contributed by atoms with Gasteiger partial charge in [0.05, 0.1) is 32.1 Å². The summed E-state index contributed by atoms with van der Waals surface area (Å²) in [5.41, 5.74) is 3.67. The van der Waals surface area contributed by atoms with Gasteiger partial charge in [0, 0.05) is 4.47 Å². The van der Waals surface area contributed by atoms with Crippen molar-refractivity contribution < 1.29 is 19.0 Å². The Morgan fingerprint density at radius 2 is 1.77 bits per heavy atom. The number of hydrogen-bond acceptors (Lipinski definition) is 5. The van der Waals surface area contributed by atoms with Crippen molar-refractivity contribution in [3.05, 3.63) is 52.0 Å². The number of carbonyl (C=O) groups is 1. The maximum absolute atomic E-state index is 12.4. The van der Waals surface area contributed by atoms with E-state index in [2.05, 4.69) is 26.5 Å². The molecule has 138 valence electrons. The molecule has 0 aromatic heterocycles. The average Bonchev–Trinajstić information content (AvgIpc) is 2.62. The van der Waals surface area contributed by atoms with Gasteiger partial charge in [-0.2, -0.15) is 5.10 Å². The fourth-order valence-corrected chi connectivity index (χ4v) is 2.56. The van der Waals surface area contributed by atoms with E-state index in [-0.39, 0.29) is 12.0 Å². The van der Waals surface area contributed by atoms with E-state index in [4.69, 9.17) is 14.2 Å². The molecule has 1 N–H and O–H groups in total. The van der Waals surface area contributed by atoms with Gasteiger partial charge in [0.15, 0.2) is 11.5 Å². The molecule has 2 aromatic rings. The molecule has 0 saturated heterocycles. The van der Waals surface area contributed by atoms with Crippen LogP contribution in [0.5, 0.6) is 17.2 Å². The Morgan fingerprint density at radius 1 is 1.08 bits per heavy atom. The van der Waals surface area contributed by atoms with Gasteiger partial charge in [0.2, 0.25) is 0 Å². The molecule has 7 heteroatoms. The topological polar surface area (TPSA) is 69.2 Å². The van der Waals surface area contributed by atoms with Crippen LogP contribution < -0.4 is 19.6 Å². The molecule has 1 amide bonds. The van der Waals surface area contributed by atoms with Crippen molar-refractivity contribution in [2.75, 3.05) is 14.2 Å². The van der Waals surface area contributed by atoms with Crippen LogP contribution in [0.25, 0.3) is 0 Å². The van der Waals surface area contributed by atoms with Gasteiger partial charge in [-0.25, -0.2) is 5.43 Å². The number of amides is 1. The van der Waals surface area contributed by atoms with Crippen molar-refractivity contribution in [3.63, 3.8) is 0 Å². The lowest BCUT2D eigenvalue weighted by molar-refractivity contribution is 0.0949. The van der Waals surface area contributed by atoms with Crippen LogP contribution in [0, 0.1) is 0 Å². The Kier molecular flexibility index (Phi) is 7.03. The van der Waals surface area contributed by atoms with E-state index in [1.807, 2.05) is 26.0 Å². The van der Waals surface area contributed by atoms with Crippen molar-refractivity contribution in [3.8, 4) is 17.2 Å². The first-order valence-corrected chi connectivity index (χ1v) is 8.75. The highest BCUT2D eigenvalue weighted by atomic mass is 79.9. The van der Waals surface area contributed by atoms with Crippen LogP contribution in [-0.4, -0.2) is 32.4 Å². The first-order chi connectivity index (χ1) is 12.4. The molecule has 0 unspecified atom stereocenters. The molecular formula is C19H21BrN2O4. The Bertz CT molecular complexity index is 806.